The summed E-state index contributed by atoms with van der Waals surface area (Å²) in [6.07, 6.45) is 0.653. The molecule has 1 N–H and O–H groups in total. The molecule has 3 rings (SSSR count). The molecule has 2 aromatic rings. The van der Waals surface area contributed by atoms with Crippen LogP contribution in [0.15, 0.2) is 34.9 Å². The van der Waals surface area contributed by atoms with Gasteiger partial charge in [0.2, 0.25) is 5.89 Å². The Morgan fingerprint density at radius 2 is 2.00 bits per heavy atom. The van der Waals surface area contributed by atoms with Crippen LogP contribution < -0.4 is 10.1 Å². The van der Waals surface area contributed by atoms with Gasteiger partial charge in [0.05, 0.1) is 13.2 Å². The van der Waals surface area contributed by atoms with E-state index < -0.39 is 0 Å². The molecule has 6 heteroatoms. The van der Waals surface area contributed by atoms with Crippen molar-refractivity contribution < 1.29 is 9.26 Å². The molecule has 0 unspecified atom stereocenters. The van der Waals surface area contributed by atoms with Crippen molar-refractivity contribution >= 4 is 0 Å². The van der Waals surface area contributed by atoms with Crippen LogP contribution in [0, 0.1) is 0 Å². The molecule has 0 atom stereocenters. The van der Waals surface area contributed by atoms with Crippen molar-refractivity contribution in [3.8, 4) is 5.75 Å². The smallest absolute Gasteiger partial charge is 0.240 e. The van der Waals surface area contributed by atoms with Crippen molar-refractivity contribution in [3.63, 3.8) is 0 Å². The summed E-state index contributed by atoms with van der Waals surface area (Å²) in [5, 5.41) is 7.33. The van der Waals surface area contributed by atoms with Crippen LogP contribution in [0.3, 0.4) is 0 Å². The summed E-state index contributed by atoms with van der Waals surface area (Å²) in [6.45, 7) is 5.37. The van der Waals surface area contributed by atoms with Crippen molar-refractivity contribution in [2.75, 3.05) is 32.8 Å². The Morgan fingerprint density at radius 3 is 2.81 bits per heavy atom. The molecule has 1 aliphatic rings. The summed E-state index contributed by atoms with van der Waals surface area (Å²) in [5.41, 5.74) is 0. The lowest BCUT2D eigenvalue weighted by molar-refractivity contribution is 0.203. The zero-order valence-electron chi connectivity index (χ0n) is 12.0. The van der Waals surface area contributed by atoms with Gasteiger partial charge < -0.3 is 14.6 Å². The third-order valence-corrected chi connectivity index (χ3v) is 3.42. The van der Waals surface area contributed by atoms with Gasteiger partial charge in [0, 0.05) is 32.6 Å². The molecule has 0 bridgehead atoms. The summed E-state index contributed by atoms with van der Waals surface area (Å²) < 4.78 is 10.9. The van der Waals surface area contributed by atoms with Gasteiger partial charge >= 0.3 is 0 Å². The Balaban J connectivity index is 1.44. The fourth-order valence-corrected chi connectivity index (χ4v) is 2.29. The Hall–Kier alpha value is -1.92. The number of hydrogen-bond donors (Lipinski definition) is 1. The first-order chi connectivity index (χ1) is 10.4. The van der Waals surface area contributed by atoms with Crippen LogP contribution in [-0.2, 0) is 13.0 Å². The number of benzene rings is 1. The number of para-hydroxylation sites is 1. The summed E-state index contributed by atoms with van der Waals surface area (Å²) in [5.74, 6) is 2.25. The molecule has 21 heavy (non-hydrogen) atoms. The van der Waals surface area contributed by atoms with E-state index >= 15 is 0 Å². The molecule has 2 heterocycles. The van der Waals surface area contributed by atoms with Gasteiger partial charge in [0.1, 0.15) is 5.75 Å². The van der Waals surface area contributed by atoms with Crippen molar-refractivity contribution in [2.45, 2.75) is 13.0 Å². The molecule has 0 radical (unpaired) electrons. The number of nitrogens with zero attached hydrogens (tertiary/aromatic N) is 3. The van der Waals surface area contributed by atoms with Crippen LogP contribution in [0.5, 0.6) is 5.75 Å². The van der Waals surface area contributed by atoms with E-state index in [1.165, 1.54) is 0 Å². The Kier molecular flexibility index (Phi) is 4.81. The number of rotatable bonds is 6. The molecule has 6 nitrogen and oxygen atoms in total. The average Bonchev–Trinajstić information content (AvgIpc) is 2.97. The highest BCUT2D eigenvalue weighted by molar-refractivity contribution is 5.20. The van der Waals surface area contributed by atoms with Crippen LogP contribution >= 0.6 is 0 Å². The maximum Gasteiger partial charge on any atom is 0.240 e. The summed E-state index contributed by atoms with van der Waals surface area (Å²) >= 11 is 0. The van der Waals surface area contributed by atoms with Crippen LogP contribution in [-0.4, -0.2) is 47.8 Å². The van der Waals surface area contributed by atoms with Gasteiger partial charge in [0.15, 0.2) is 5.82 Å². The van der Waals surface area contributed by atoms with E-state index in [1.54, 1.807) is 0 Å². The first-order valence-electron chi connectivity index (χ1n) is 7.32. The quantitative estimate of drug-likeness (QED) is 0.858. The second-order valence-corrected chi connectivity index (χ2v) is 5.04. The van der Waals surface area contributed by atoms with E-state index in [9.17, 15) is 0 Å². The van der Waals surface area contributed by atoms with Crippen molar-refractivity contribution in [1.29, 1.82) is 0 Å². The van der Waals surface area contributed by atoms with Gasteiger partial charge in [-0.2, -0.15) is 4.98 Å². The predicted molar refractivity (Wildman–Crippen MR) is 78.1 cm³/mol. The minimum Gasteiger partial charge on any atom is -0.493 e. The number of nitrogens with one attached hydrogen (secondary N) is 1. The van der Waals surface area contributed by atoms with Crippen molar-refractivity contribution in [2.24, 2.45) is 0 Å². The highest BCUT2D eigenvalue weighted by atomic mass is 16.5. The molecule has 0 spiro atoms. The fourth-order valence-electron chi connectivity index (χ4n) is 2.29. The molecule has 1 aromatic carbocycles. The molecule has 112 valence electrons. The normalized spacial score (nSPS) is 16.0. The number of hydrogen-bond acceptors (Lipinski definition) is 6. The largest absolute Gasteiger partial charge is 0.493 e. The Labute approximate surface area is 124 Å². The minimum absolute atomic E-state index is 0.552. The SMILES string of the molecule is c1ccc(OCCc2noc(CN3CCNCC3)n2)cc1. The zero-order valence-corrected chi connectivity index (χ0v) is 12.0. The molecular formula is C15H20N4O2. The molecule has 1 aliphatic heterocycles. The lowest BCUT2D eigenvalue weighted by Crippen LogP contribution is -2.42. The van der Waals surface area contributed by atoms with Gasteiger partial charge in [-0.3, -0.25) is 4.90 Å². The topological polar surface area (TPSA) is 63.4 Å². The molecular weight excluding hydrogens is 268 g/mol. The third kappa shape index (κ3) is 4.27. The molecule has 0 amide bonds. The van der Waals surface area contributed by atoms with Crippen molar-refractivity contribution in [1.82, 2.24) is 20.4 Å². The first-order valence-corrected chi connectivity index (χ1v) is 7.32. The van der Waals surface area contributed by atoms with E-state index in [4.69, 9.17) is 9.26 Å². The summed E-state index contributed by atoms with van der Waals surface area (Å²) in [4.78, 5) is 6.73. The fraction of sp³-hybridized carbons (Fsp3) is 0.467. The van der Waals surface area contributed by atoms with E-state index in [0.717, 1.165) is 38.5 Å². The van der Waals surface area contributed by atoms with Crippen molar-refractivity contribution in [3.05, 3.63) is 42.0 Å². The maximum atomic E-state index is 5.63. The number of ether oxygens (including phenoxy) is 1. The van der Waals surface area contributed by atoms with Gasteiger partial charge in [-0.25, -0.2) is 0 Å². The van der Waals surface area contributed by atoms with Crippen LogP contribution in [0.1, 0.15) is 11.7 Å². The highest BCUT2D eigenvalue weighted by Gasteiger charge is 2.14. The Morgan fingerprint density at radius 1 is 1.19 bits per heavy atom. The monoisotopic (exact) mass is 288 g/mol. The molecule has 1 saturated heterocycles. The Bertz CT molecular complexity index is 538. The van der Waals surface area contributed by atoms with Gasteiger partial charge in [-0.15, -0.1) is 0 Å². The van der Waals surface area contributed by atoms with Gasteiger partial charge in [-0.1, -0.05) is 23.4 Å². The zero-order chi connectivity index (χ0) is 14.3. The van der Waals surface area contributed by atoms with Crippen LogP contribution in [0.4, 0.5) is 0 Å². The van der Waals surface area contributed by atoms with Crippen LogP contribution in [0.2, 0.25) is 0 Å². The van der Waals surface area contributed by atoms with E-state index in [2.05, 4.69) is 20.4 Å². The average molecular weight is 288 g/mol. The second-order valence-electron chi connectivity index (χ2n) is 5.04. The van der Waals surface area contributed by atoms with E-state index in [0.29, 0.717) is 24.7 Å². The highest BCUT2D eigenvalue weighted by Crippen LogP contribution is 2.09. The lowest BCUT2D eigenvalue weighted by atomic mass is 10.3. The van der Waals surface area contributed by atoms with Crippen LogP contribution in [0.25, 0.3) is 0 Å². The minimum atomic E-state index is 0.552. The first kappa shape index (κ1) is 14.0. The molecule has 0 saturated carbocycles. The van der Waals surface area contributed by atoms with E-state index in [-0.39, 0.29) is 0 Å². The molecule has 1 fully saturated rings. The lowest BCUT2D eigenvalue weighted by Gasteiger charge is -2.25. The summed E-state index contributed by atoms with van der Waals surface area (Å²) in [6, 6.07) is 9.75. The molecule has 1 aromatic heterocycles. The number of piperazine rings is 1. The standard InChI is InChI=1S/C15H20N4O2/c1-2-4-13(5-3-1)20-11-6-14-17-15(21-18-14)12-19-9-7-16-8-10-19/h1-5,16H,6-12H2. The molecule has 0 aliphatic carbocycles. The predicted octanol–water partition coefficient (Wildman–Crippen LogP) is 1.10. The third-order valence-electron chi connectivity index (χ3n) is 3.42. The number of aromatic nitrogens is 2. The maximum absolute atomic E-state index is 5.63. The van der Waals surface area contributed by atoms with Gasteiger partial charge in [-0.05, 0) is 12.1 Å². The van der Waals surface area contributed by atoms with Gasteiger partial charge in [0.25, 0.3) is 0 Å². The second kappa shape index (κ2) is 7.19. The van der Waals surface area contributed by atoms with E-state index in [1.807, 2.05) is 30.3 Å². The summed E-state index contributed by atoms with van der Waals surface area (Å²) in [7, 11) is 0.